The van der Waals surface area contributed by atoms with Gasteiger partial charge >= 0.3 is 0 Å². The maximum absolute atomic E-state index is 11.6. The maximum Gasteiger partial charge on any atom is 0.253 e. The highest BCUT2D eigenvalue weighted by Crippen LogP contribution is 2.14. The number of nitrogen functional groups attached to an aromatic ring is 2. The summed E-state index contributed by atoms with van der Waals surface area (Å²) < 4.78 is 10.4. The molecule has 3 aromatic rings. The molecule has 0 spiro atoms. The van der Waals surface area contributed by atoms with Crippen molar-refractivity contribution in [2.24, 2.45) is 0 Å². The molecule has 18 heteroatoms. The number of ether oxygens (including phenoxy) is 2. The Hall–Kier alpha value is -5.43. The van der Waals surface area contributed by atoms with E-state index in [1.807, 2.05) is 52.0 Å². The number of nitrogens with zero attached hydrogens (tertiary/aromatic N) is 5. The molecule has 1 unspecified atom stereocenters. The van der Waals surface area contributed by atoms with Crippen LogP contribution in [0, 0.1) is 6.92 Å². The highest BCUT2D eigenvalue weighted by Gasteiger charge is 2.22. The van der Waals surface area contributed by atoms with Crippen LogP contribution in [0.3, 0.4) is 0 Å². The lowest BCUT2D eigenvalue weighted by atomic mass is 10.2. The first kappa shape index (κ1) is 45.6. The van der Waals surface area contributed by atoms with Gasteiger partial charge in [-0.15, -0.1) is 0 Å². The first-order chi connectivity index (χ1) is 25.5. The number of aromatic nitrogens is 4. The molecule has 1 aliphatic heterocycles. The van der Waals surface area contributed by atoms with Crippen LogP contribution < -0.4 is 27.4 Å². The average molecular weight is 741 g/mol. The zero-order valence-corrected chi connectivity index (χ0v) is 31.0. The number of hydrogen-bond acceptors (Lipinski definition) is 15. The van der Waals surface area contributed by atoms with Crippen molar-refractivity contribution in [1.82, 2.24) is 40.8 Å². The van der Waals surface area contributed by atoms with Crippen molar-refractivity contribution in [2.45, 2.75) is 53.2 Å². The van der Waals surface area contributed by atoms with Crippen molar-refractivity contribution in [3.63, 3.8) is 0 Å². The van der Waals surface area contributed by atoms with Crippen molar-refractivity contribution in [3.05, 3.63) is 59.4 Å². The van der Waals surface area contributed by atoms with Crippen molar-refractivity contribution < 1.29 is 38.6 Å². The number of anilines is 2. The predicted molar refractivity (Wildman–Crippen MR) is 199 cm³/mol. The lowest BCUT2D eigenvalue weighted by Crippen LogP contribution is -2.37. The van der Waals surface area contributed by atoms with E-state index in [9.17, 15) is 29.1 Å². The van der Waals surface area contributed by atoms with Crippen LogP contribution >= 0.6 is 0 Å². The summed E-state index contributed by atoms with van der Waals surface area (Å²) in [6.45, 7) is 9.18. The number of nitrogens with two attached hydrogens (primary N) is 2. The highest BCUT2D eigenvalue weighted by molar-refractivity contribution is 6.12. The average Bonchev–Trinajstić information content (AvgIpc) is 3.49. The molecule has 53 heavy (non-hydrogen) atoms. The number of aliphatic hydroxyl groups excluding tert-OH is 1. The van der Waals surface area contributed by atoms with Gasteiger partial charge in [0.05, 0.1) is 38.3 Å². The number of nitrogens with one attached hydrogen (secondary N) is 3. The van der Waals surface area contributed by atoms with Gasteiger partial charge in [-0.1, -0.05) is 50.6 Å². The van der Waals surface area contributed by atoms with E-state index in [4.69, 9.17) is 20.9 Å². The fourth-order valence-corrected chi connectivity index (χ4v) is 3.95. The van der Waals surface area contributed by atoms with E-state index < -0.39 is 6.23 Å². The number of aliphatic hydroxyl groups is 1. The lowest BCUT2D eigenvalue weighted by molar-refractivity contribution is -0.138. The summed E-state index contributed by atoms with van der Waals surface area (Å²) in [5.74, 6) is -0.838. The molecule has 0 aliphatic carbocycles. The van der Waals surface area contributed by atoms with E-state index in [1.165, 1.54) is 17.7 Å². The second-order valence-corrected chi connectivity index (χ2v) is 10.8. The molecule has 4 rings (SSSR count). The number of imide groups is 1. The van der Waals surface area contributed by atoms with Gasteiger partial charge in [-0.25, -0.2) is 9.97 Å². The van der Waals surface area contributed by atoms with Gasteiger partial charge in [-0.05, 0) is 26.8 Å². The SMILES string of the molecule is CC.CCc1cnc2nc(N)nc(N)c2n1.CNC(O)CCC(=O)NCCNC(=O)COCCOCCN1C(=O)C=CC1=O.Cc1ccc(C=O)cc1. The predicted octanol–water partition coefficient (Wildman–Crippen LogP) is 0.475. The molecule has 0 radical (unpaired) electrons. The zero-order valence-electron chi connectivity index (χ0n) is 31.0. The summed E-state index contributed by atoms with van der Waals surface area (Å²) in [6.07, 6.45) is 5.52. The molecule has 3 heterocycles. The van der Waals surface area contributed by atoms with Crippen LogP contribution in [0.25, 0.3) is 11.2 Å². The zero-order chi connectivity index (χ0) is 39.6. The Morgan fingerprint density at radius 1 is 0.943 bits per heavy atom. The van der Waals surface area contributed by atoms with E-state index in [0.29, 0.717) is 17.6 Å². The topological polar surface area (TPSA) is 267 Å². The third kappa shape index (κ3) is 18.6. The van der Waals surface area contributed by atoms with Gasteiger partial charge in [0, 0.05) is 37.2 Å². The first-order valence-corrected chi connectivity index (χ1v) is 17.1. The van der Waals surface area contributed by atoms with Crippen molar-refractivity contribution in [1.29, 1.82) is 0 Å². The summed E-state index contributed by atoms with van der Waals surface area (Å²) in [6, 6.07) is 7.46. The van der Waals surface area contributed by atoms with Gasteiger partial charge < -0.3 is 36.7 Å². The Kier molecular flexibility index (Phi) is 22.7. The third-order valence-corrected chi connectivity index (χ3v) is 6.79. The van der Waals surface area contributed by atoms with Gasteiger partial charge in [0.2, 0.25) is 17.8 Å². The second kappa shape index (κ2) is 26.4. The molecular formula is C35H52N10O8. The molecule has 0 saturated heterocycles. The summed E-state index contributed by atoms with van der Waals surface area (Å²) in [4.78, 5) is 72.9. The quantitative estimate of drug-likeness (QED) is 0.0476. The highest BCUT2D eigenvalue weighted by atomic mass is 16.5. The monoisotopic (exact) mass is 740 g/mol. The van der Waals surface area contributed by atoms with Crippen molar-refractivity contribution in [3.8, 4) is 0 Å². The molecular weight excluding hydrogens is 688 g/mol. The van der Waals surface area contributed by atoms with Crippen molar-refractivity contribution in [2.75, 3.05) is 64.6 Å². The second-order valence-electron chi connectivity index (χ2n) is 10.8. The van der Waals surface area contributed by atoms with E-state index >= 15 is 0 Å². The summed E-state index contributed by atoms with van der Waals surface area (Å²) in [7, 11) is 1.60. The minimum absolute atomic E-state index is 0.119. The molecule has 18 nitrogen and oxygen atoms in total. The van der Waals surface area contributed by atoms with E-state index in [-0.39, 0.29) is 87.9 Å². The van der Waals surface area contributed by atoms with E-state index in [1.54, 1.807) is 13.2 Å². The van der Waals surface area contributed by atoms with Gasteiger partial charge in [0.25, 0.3) is 11.8 Å². The van der Waals surface area contributed by atoms with Crippen LogP contribution in [0.2, 0.25) is 0 Å². The van der Waals surface area contributed by atoms with Crippen LogP contribution in [0.15, 0.2) is 42.6 Å². The molecule has 1 aliphatic rings. The molecule has 4 amide bonds. The maximum atomic E-state index is 11.6. The summed E-state index contributed by atoms with van der Waals surface area (Å²) >= 11 is 0. The molecule has 0 fully saturated rings. The fraction of sp³-hybridized carbons (Fsp3) is 0.457. The Labute approximate surface area is 309 Å². The first-order valence-electron chi connectivity index (χ1n) is 17.1. The molecule has 290 valence electrons. The number of rotatable bonds is 17. The summed E-state index contributed by atoms with van der Waals surface area (Å²) in [5, 5.41) is 17.1. The van der Waals surface area contributed by atoms with Crippen LogP contribution in [0.5, 0.6) is 0 Å². The Morgan fingerprint density at radius 3 is 2.17 bits per heavy atom. The Balaban J connectivity index is 0.000000458. The summed E-state index contributed by atoms with van der Waals surface area (Å²) in [5.41, 5.74) is 14.8. The fourth-order valence-electron chi connectivity index (χ4n) is 3.95. The van der Waals surface area contributed by atoms with Gasteiger partial charge in [-0.3, -0.25) is 34.2 Å². The van der Waals surface area contributed by atoms with Crippen LogP contribution in [0.4, 0.5) is 11.8 Å². The van der Waals surface area contributed by atoms with Crippen LogP contribution in [-0.4, -0.2) is 119 Å². The Bertz CT molecular complexity index is 1600. The smallest absolute Gasteiger partial charge is 0.253 e. The molecule has 2 aromatic heterocycles. The standard InChI is InChI=1S/C17H28N4O7.C8H10N6.C8H8O.C2H6/c1-18-13(22)2-3-14(23)19-6-7-20-15(24)12-28-11-10-27-9-8-21-16(25)4-5-17(21)26;1-2-4-3-11-7-5(12-4)6(9)13-8(10)14-7;1-7-2-4-8(6-9)5-3-7;1-2/h4-5,13,18,22H,2-3,6-12H2,1H3,(H,19,23)(H,20,24);3H,2H2,1H3,(H4,9,10,11,13,14);2-6H,1H3;1-2H3. The normalized spacial score (nSPS) is 12.1. The number of amides is 4. The third-order valence-electron chi connectivity index (χ3n) is 6.79. The number of benzene rings is 1. The van der Waals surface area contributed by atoms with Crippen LogP contribution in [-0.2, 0) is 35.1 Å². The van der Waals surface area contributed by atoms with Crippen LogP contribution in [0.1, 0.15) is 55.2 Å². The van der Waals surface area contributed by atoms with Gasteiger partial charge in [-0.2, -0.15) is 9.97 Å². The number of carbonyl (C=O) groups is 5. The number of hydrogen-bond donors (Lipinski definition) is 6. The Morgan fingerprint density at radius 2 is 1.57 bits per heavy atom. The largest absolute Gasteiger partial charge is 0.382 e. The molecule has 8 N–H and O–H groups in total. The minimum Gasteiger partial charge on any atom is -0.382 e. The minimum atomic E-state index is -0.714. The number of aryl methyl sites for hydroxylation is 2. The molecule has 0 saturated carbocycles. The number of fused-ring (bicyclic) bond motifs is 1. The molecule has 1 aromatic carbocycles. The number of carbonyl (C=O) groups excluding carboxylic acids is 5. The number of aldehydes is 1. The van der Waals surface area contributed by atoms with E-state index in [2.05, 4.69) is 35.9 Å². The molecule has 1 atom stereocenters. The van der Waals surface area contributed by atoms with Gasteiger partial charge in [0.15, 0.2) is 17.0 Å². The van der Waals surface area contributed by atoms with Crippen molar-refractivity contribution >= 4 is 52.8 Å². The molecule has 0 bridgehead atoms. The lowest BCUT2D eigenvalue weighted by Gasteiger charge is -2.13. The van der Waals surface area contributed by atoms with Gasteiger partial charge in [0.1, 0.15) is 19.1 Å². The van der Waals surface area contributed by atoms with E-state index in [0.717, 1.165) is 28.9 Å².